The van der Waals surface area contributed by atoms with Gasteiger partial charge in [-0.25, -0.2) is 14.8 Å². The fourth-order valence-electron chi connectivity index (χ4n) is 2.87. The number of hydrogen-bond acceptors (Lipinski definition) is 5. The molecule has 6 nitrogen and oxygen atoms in total. The van der Waals surface area contributed by atoms with Gasteiger partial charge in [-0.15, -0.1) is 0 Å². The number of anilines is 1. The zero-order valence-corrected chi connectivity index (χ0v) is 15.7. The standard InChI is InChI=1S/C20H26N4O2/c1-4-6-11-24-18(21)16(20(25)26-12-13(3)5-2)17-19(24)23-15-10-8-7-9-14(15)22-17/h7-10,13H,4-6,11-12,21H2,1-3H3. The quantitative estimate of drug-likeness (QED) is 0.644. The van der Waals surface area contributed by atoms with E-state index in [0.29, 0.717) is 41.6 Å². The molecule has 3 aromatic rings. The third-order valence-corrected chi connectivity index (χ3v) is 4.73. The zero-order valence-electron chi connectivity index (χ0n) is 15.7. The van der Waals surface area contributed by atoms with Crippen molar-refractivity contribution < 1.29 is 9.53 Å². The SMILES string of the molecule is CCCCn1c(N)c(C(=O)OCC(C)CC)c2nc3ccccc3nc21. The third-order valence-electron chi connectivity index (χ3n) is 4.73. The molecule has 0 bridgehead atoms. The lowest BCUT2D eigenvalue weighted by Crippen LogP contribution is -2.14. The Morgan fingerprint density at radius 2 is 1.92 bits per heavy atom. The summed E-state index contributed by atoms with van der Waals surface area (Å²) in [7, 11) is 0. The van der Waals surface area contributed by atoms with Crippen LogP contribution in [0.5, 0.6) is 0 Å². The Bertz CT molecular complexity index is 932. The van der Waals surface area contributed by atoms with Crippen molar-refractivity contribution in [2.45, 2.75) is 46.6 Å². The number of hydrogen-bond donors (Lipinski definition) is 1. The third kappa shape index (κ3) is 3.36. The molecule has 0 aliphatic carbocycles. The van der Waals surface area contributed by atoms with Crippen LogP contribution in [0.15, 0.2) is 24.3 Å². The number of esters is 1. The van der Waals surface area contributed by atoms with Crippen LogP contribution in [-0.4, -0.2) is 27.1 Å². The molecule has 0 spiro atoms. The Kier molecular flexibility index (Phi) is 5.40. The molecule has 1 unspecified atom stereocenters. The lowest BCUT2D eigenvalue weighted by Gasteiger charge is -2.10. The summed E-state index contributed by atoms with van der Waals surface area (Å²) in [4.78, 5) is 22.1. The van der Waals surface area contributed by atoms with E-state index in [4.69, 9.17) is 15.5 Å². The maximum Gasteiger partial charge on any atom is 0.344 e. The average Bonchev–Trinajstić information content (AvgIpc) is 2.92. The number of ether oxygens (including phenoxy) is 1. The predicted octanol–water partition coefficient (Wildman–Crippen LogP) is 4.17. The van der Waals surface area contributed by atoms with E-state index in [2.05, 4.69) is 25.8 Å². The summed E-state index contributed by atoms with van der Waals surface area (Å²) in [5, 5.41) is 0. The Hall–Kier alpha value is -2.63. The van der Waals surface area contributed by atoms with Crippen molar-refractivity contribution in [2.75, 3.05) is 12.3 Å². The fourth-order valence-corrected chi connectivity index (χ4v) is 2.87. The molecule has 138 valence electrons. The predicted molar refractivity (Wildman–Crippen MR) is 104 cm³/mol. The lowest BCUT2D eigenvalue weighted by atomic mass is 10.1. The highest BCUT2D eigenvalue weighted by molar-refractivity contribution is 6.08. The van der Waals surface area contributed by atoms with Gasteiger partial charge in [0.1, 0.15) is 16.9 Å². The highest BCUT2D eigenvalue weighted by atomic mass is 16.5. The number of benzene rings is 1. The number of para-hydroxylation sites is 2. The summed E-state index contributed by atoms with van der Waals surface area (Å²) in [6.45, 7) is 7.31. The van der Waals surface area contributed by atoms with Crippen molar-refractivity contribution in [2.24, 2.45) is 5.92 Å². The molecule has 0 fully saturated rings. The summed E-state index contributed by atoms with van der Waals surface area (Å²) < 4.78 is 7.39. The molecule has 3 rings (SSSR count). The Morgan fingerprint density at radius 3 is 2.58 bits per heavy atom. The molecule has 0 aliphatic rings. The maximum absolute atomic E-state index is 12.7. The number of nitrogens with two attached hydrogens (primary N) is 1. The van der Waals surface area contributed by atoms with Crippen molar-refractivity contribution in [3.8, 4) is 0 Å². The fraction of sp³-hybridized carbons (Fsp3) is 0.450. The zero-order chi connectivity index (χ0) is 18.7. The van der Waals surface area contributed by atoms with Crippen LogP contribution >= 0.6 is 0 Å². The Labute approximate surface area is 153 Å². The topological polar surface area (TPSA) is 83.0 Å². The molecule has 6 heteroatoms. The van der Waals surface area contributed by atoms with Crippen LogP contribution in [0, 0.1) is 5.92 Å². The minimum Gasteiger partial charge on any atom is -0.462 e. The van der Waals surface area contributed by atoms with Gasteiger partial charge in [0.25, 0.3) is 0 Å². The second-order valence-corrected chi connectivity index (χ2v) is 6.76. The smallest absolute Gasteiger partial charge is 0.344 e. The van der Waals surface area contributed by atoms with Crippen molar-refractivity contribution >= 4 is 34.0 Å². The summed E-state index contributed by atoms with van der Waals surface area (Å²) in [6.07, 6.45) is 2.92. The molecule has 0 amide bonds. The molecule has 26 heavy (non-hydrogen) atoms. The number of nitrogens with zero attached hydrogens (tertiary/aromatic N) is 3. The second-order valence-electron chi connectivity index (χ2n) is 6.76. The first-order valence-electron chi connectivity index (χ1n) is 9.28. The number of carbonyl (C=O) groups is 1. The van der Waals surface area contributed by atoms with Crippen LogP contribution in [0.1, 0.15) is 50.4 Å². The van der Waals surface area contributed by atoms with Crippen LogP contribution < -0.4 is 5.73 Å². The van der Waals surface area contributed by atoms with Gasteiger partial charge in [-0.05, 0) is 24.5 Å². The molecule has 2 aromatic heterocycles. The number of unbranched alkanes of at least 4 members (excludes halogenated alkanes) is 1. The highest BCUT2D eigenvalue weighted by Crippen LogP contribution is 2.29. The van der Waals surface area contributed by atoms with Gasteiger partial charge in [-0.2, -0.15) is 0 Å². The van der Waals surface area contributed by atoms with E-state index in [9.17, 15) is 4.79 Å². The molecule has 0 saturated carbocycles. The van der Waals surface area contributed by atoms with Gasteiger partial charge >= 0.3 is 5.97 Å². The number of aryl methyl sites for hydroxylation is 1. The molecule has 1 atom stereocenters. The molecule has 2 heterocycles. The normalized spacial score (nSPS) is 12.6. The van der Waals surface area contributed by atoms with E-state index < -0.39 is 5.97 Å². The largest absolute Gasteiger partial charge is 0.462 e. The van der Waals surface area contributed by atoms with E-state index in [0.717, 1.165) is 30.3 Å². The van der Waals surface area contributed by atoms with Crippen LogP contribution in [0.3, 0.4) is 0 Å². The van der Waals surface area contributed by atoms with Crippen molar-refractivity contribution in [1.29, 1.82) is 0 Å². The number of rotatable bonds is 7. The first kappa shape index (κ1) is 18.2. The van der Waals surface area contributed by atoms with Gasteiger partial charge in [0, 0.05) is 6.54 Å². The van der Waals surface area contributed by atoms with E-state index in [-0.39, 0.29) is 0 Å². The van der Waals surface area contributed by atoms with Gasteiger partial charge in [0.05, 0.1) is 17.6 Å². The molecule has 1 aromatic carbocycles. The minimum atomic E-state index is -0.423. The number of nitrogen functional groups attached to an aromatic ring is 1. The number of carbonyl (C=O) groups excluding carboxylic acids is 1. The second kappa shape index (κ2) is 7.72. The first-order valence-corrected chi connectivity index (χ1v) is 9.28. The maximum atomic E-state index is 12.7. The van der Waals surface area contributed by atoms with Crippen LogP contribution in [-0.2, 0) is 11.3 Å². The number of aromatic nitrogens is 3. The van der Waals surface area contributed by atoms with Gasteiger partial charge in [0.2, 0.25) is 0 Å². The van der Waals surface area contributed by atoms with E-state index in [1.165, 1.54) is 0 Å². The van der Waals surface area contributed by atoms with Crippen LogP contribution in [0.2, 0.25) is 0 Å². The molecular formula is C20H26N4O2. The summed E-state index contributed by atoms with van der Waals surface area (Å²) >= 11 is 0. The summed E-state index contributed by atoms with van der Waals surface area (Å²) in [6, 6.07) is 7.62. The highest BCUT2D eigenvalue weighted by Gasteiger charge is 2.25. The molecular weight excluding hydrogens is 328 g/mol. The van der Waals surface area contributed by atoms with Crippen LogP contribution in [0.4, 0.5) is 5.82 Å². The van der Waals surface area contributed by atoms with E-state index in [1.807, 2.05) is 28.8 Å². The van der Waals surface area contributed by atoms with Crippen LogP contribution in [0.25, 0.3) is 22.2 Å². The van der Waals surface area contributed by atoms with Crippen molar-refractivity contribution in [3.05, 3.63) is 29.8 Å². The lowest BCUT2D eigenvalue weighted by molar-refractivity contribution is 0.0450. The molecule has 2 N–H and O–H groups in total. The number of fused-ring (bicyclic) bond motifs is 2. The average molecular weight is 354 g/mol. The Balaban J connectivity index is 2.12. The van der Waals surface area contributed by atoms with Gasteiger partial charge in [-0.1, -0.05) is 45.7 Å². The summed E-state index contributed by atoms with van der Waals surface area (Å²) in [5.74, 6) is 0.270. The summed E-state index contributed by atoms with van der Waals surface area (Å²) in [5.41, 5.74) is 9.36. The molecule has 0 aliphatic heterocycles. The van der Waals surface area contributed by atoms with Gasteiger partial charge in [-0.3, -0.25) is 0 Å². The Morgan fingerprint density at radius 1 is 1.23 bits per heavy atom. The van der Waals surface area contributed by atoms with Gasteiger partial charge in [0.15, 0.2) is 5.65 Å². The minimum absolute atomic E-state index is 0.306. The van der Waals surface area contributed by atoms with Crippen molar-refractivity contribution in [3.63, 3.8) is 0 Å². The van der Waals surface area contributed by atoms with Crippen molar-refractivity contribution in [1.82, 2.24) is 14.5 Å². The first-order chi connectivity index (χ1) is 12.6. The van der Waals surface area contributed by atoms with E-state index in [1.54, 1.807) is 0 Å². The molecule has 0 saturated heterocycles. The monoisotopic (exact) mass is 354 g/mol. The molecule has 0 radical (unpaired) electrons. The van der Waals surface area contributed by atoms with Gasteiger partial charge < -0.3 is 15.0 Å². The van der Waals surface area contributed by atoms with E-state index >= 15 is 0 Å².